The lowest BCUT2D eigenvalue weighted by Gasteiger charge is -2.26. The molecule has 2 amide bonds. The van der Waals surface area contributed by atoms with E-state index in [9.17, 15) is 4.79 Å². The van der Waals surface area contributed by atoms with E-state index in [1.807, 2.05) is 35.2 Å². The van der Waals surface area contributed by atoms with E-state index in [1.54, 1.807) is 0 Å². The topological polar surface area (TPSA) is 71.2 Å². The average Bonchev–Trinajstić information content (AvgIpc) is 2.85. The molecular formula is C14H16N4OS. The van der Waals surface area contributed by atoms with Gasteiger partial charge in [-0.15, -0.1) is 11.3 Å². The van der Waals surface area contributed by atoms with Crippen LogP contribution in [0.15, 0.2) is 30.3 Å². The SMILES string of the molecule is Nc1nc2c(s1)CN(C(=O)NCc1ccccc1)CC2. The Balaban J connectivity index is 1.59. The summed E-state index contributed by atoms with van der Waals surface area (Å²) in [5, 5.41) is 3.53. The van der Waals surface area contributed by atoms with Gasteiger partial charge in [-0.2, -0.15) is 0 Å². The van der Waals surface area contributed by atoms with E-state index in [1.165, 1.54) is 11.3 Å². The maximum atomic E-state index is 12.2. The molecule has 0 unspecified atom stereocenters. The van der Waals surface area contributed by atoms with E-state index in [0.29, 0.717) is 24.8 Å². The van der Waals surface area contributed by atoms with Gasteiger partial charge in [-0.1, -0.05) is 30.3 Å². The predicted octanol–water partition coefficient (Wildman–Crippen LogP) is 1.99. The molecule has 2 heterocycles. The lowest BCUT2D eigenvalue weighted by Crippen LogP contribution is -2.42. The largest absolute Gasteiger partial charge is 0.375 e. The number of hydrogen-bond donors (Lipinski definition) is 2. The number of benzene rings is 1. The van der Waals surface area contributed by atoms with Crippen LogP contribution in [0.3, 0.4) is 0 Å². The van der Waals surface area contributed by atoms with E-state index in [4.69, 9.17) is 5.73 Å². The van der Waals surface area contributed by atoms with Crippen molar-refractivity contribution in [3.8, 4) is 0 Å². The molecule has 0 radical (unpaired) electrons. The Morgan fingerprint density at radius 3 is 3.00 bits per heavy atom. The van der Waals surface area contributed by atoms with Gasteiger partial charge < -0.3 is 16.0 Å². The van der Waals surface area contributed by atoms with Gasteiger partial charge in [-0.05, 0) is 5.56 Å². The molecule has 104 valence electrons. The van der Waals surface area contributed by atoms with Gasteiger partial charge in [0, 0.05) is 24.4 Å². The van der Waals surface area contributed by atoms with E-state index in [-0.39, 0.29) is 6.03 Å². The number of thiazole rings is 1. The molecule has 1 aromatic heterocycles. The minimum Gasteiger partial charge on any atom is -0.375 e. The Bertz CT molecular complexity index is 611. The highest BCUT2D eigenvalue weighted by Crippen LogP contribution is 2.26. The quantitative estimate of drug-likeness (QED) is 0.888. The fourth-order valence-corrected chi connectivity index (χ4v) is 3.17. The number of anilines is 1. The van der Waals surface area contributed by atoms with Crippen LogP contribution in [0.4, 0.5) is 9.93 Å². The van der Waals surface area contributed by atoms with Crippen molar-refractivity contribution < 1.29 is 4.79 Å². The van der Waals surface area contributed by atoms with Crippen LogP contribution in [-0.2, 0) is 19.5 Å². The fourth-order valence-electron chi connectivity index (χ4n) is 2.27. The van der Waals surface area contributed by atoms with Crippen LogP contribution in [0.5, 0.6) is 0 Å². The molecule has 5 nitrogen and oxygen atoms in total. The summed E-state index contributed by atoms with van der Waals surface area (Å²) in [5.74, 6) is 0. The third-order valence-corrected chi connectivity index (χ3v) is 4.23. The van der Waals surface area contributed by atoms with Crippen LogP contribution in [0.1, 0.15) is 16.1 Å². The first-order chi connectivity index (χ1) is 9.72. The maximum Gasteiger partial charge on any atom is 0.318 e. The van der Waals surface area contributed by atoms with Crippen molar-refractivity contribution in [3.63, 3.8) is 0 Å². The number of nitrogen functional groups attached to an aromatic ring is 1. The van der Waals surface area contributed by atoms with Crippen LogP contribution in [-0.4, -0.2) is 22.5 Å². The van der Waals surface area contributed by atoms with Crippen molar-refractivity contribution in [2.75, 3.05) is 12.3 Å². The van der Waals surface area contributed by atoms with Crippen molar-refractivity contribution in [1.29, 1.82) is 0 Å². The van der Waals surface area contributed by atoms with Crippen molar-refractivity contribution >= 4 is 22.5 Å². The second-order valence-electron chi connectivity index (χ2n) is 4.74. The normalized spacial score (nSPS) is 13.9. The summed E-state index contributed by atoms with van der Waals surface area (Å²) in [4.78, 5) is 19.3. The van der Waals surface area contributed by atoms with Gasteiger partial charge in [0.05, 0.1) is 12.2 Å². The number of aromatic nitrogens is 1. The third-order valence-electron chi connectivity index (χ3n) is 3.32. The predicted molar refractivity (Wildman–Crippen MR) is 79.3 cm³/mol. The number of urea groups is 1. The molecule has 0 spiro atoms. The second kappa shape index (κ2) is 5.50. The number of rotatable bonds is 2. The molecule has 0 saturated heterocycles. The molecule has 0 bridgehead atoms. The van der Waals surface area contributed by atoms with Gasteiger partial charge in [0.25, 0.3) is 0 Å². The van der Waals surface area contributed by atoms with Crippen LogP contribution >= 0.6 is 11.3 Å². The molecule has 1 aromatic carbocycles. The van der Waals surface area contributed by atoms with Crippen molar-refractivity contribution in [2.24, 2.45) is 0 Å². The number of nitrogens with two attached hydrogens (primary N) is 1. The van der Waals surface area contributed by atoms with Crippen LogP contribution < -0.4 is 11.1 Å². The van der Waals surface area contributed by atoms with E-state index < -0.39 is 0 Å². The Kier molecular flexibility index (Phi) is 3.56. The third kappa shape index (κ3) is 2.75. The summed E-state index contributed by atoms with van der Waals surface area (Å²) in [7, 11) is 0. The zero-order valence-electron chi connectivity index (χ0n) is 11.0. The number of carbonyl (C=O) groups is 1. The summed E-state index contributed by atoms with van der Waals surface area (Å²) >= 11 is 1.47. The molecule has 3 N–H and O–H groups in total. The van der Waals surface area contributed by atoms with Gasteiger partial charge in [-0.25, -0.2) is 9.78 Å². The Hall–Kier alpha value is -2.08. The number of fused-ring (bicyclic) bond motifs is 1. The van der Waals surface area contributed by atoms with Gasteiger partial charge >= 0.3 is 6.03 Å². The minimum atomic E-state index is -0.0357. The second-order valence-corrected chi connectivity index (χ2v) is 5.85. The van der Waals surface area contributed by atoms with Crippen molar-refractivity contribution in [1.82, 2.24) is 15.2 Å². The number of amides is 2. The monoisotopic (exact) mass is 288 g/mol. The molecule has 6 heteroatoms. The molecular weight excluding hydrogens is 272 g/mol. The molecule has 20 heavy (non-hydrogen) atoms. The minimum absolute atomic E-state index is 0.0357. The van der Waals surface area contributed by atoms with Crippen LogP contribution in [0.2, 0.25) is 0 Å². The molecule has 0 aliphatic carbocycles. The zero-order chi connectivity index (χ0) is 13.9. The smallest absolute Gasteiger partial charge is 0.318 e. The van der Waals surface area contributed by atoms with Gasteiger partial charge in [-0.3, -0.25) is 0 Å². The Morgan fingerprint density at radius 1 is 1.40 bits per heavy atom. The summed E-state index contributed by atoms with van der Waals surface area (Å²) < 4.78 is 0. The van der Waals surface area contributed by atoms with E-state index >= 15 is 0 Å². The number of hydrogen-bond acceptors (Lipinski definition) is 4. The lowest BCUT2D eigenvalue weighted by molar-refractivity contribution is 0.192. The molecule has 0 saturated carbocycles. The molecule has 1 aliphatic rings. The molecule has 0 fully saturated rings. The number of nitrogens with one attached hydrogen (secondary N) is 1. The standard InChI is InChI=1S/C14H16N4OS/c15-13-17-11-6-7-18(9-12(11)20-13)14(19)16-8-10-4-2-1-3-5-10/h1-5H,6-9H2,(H2,15,17)(H,16,19). The van der Waals surface area contributed by atoms with Crippen molar-refractivity contribution in [3.05, 3.63) is 46.5 Å². The molecule has 0 atom stereocenters. The molecule has 3 rings (SSSR count). The van der Waals surface area contributed by atoms with Crippen LogP contribution in [0.25, 0.3) is 0 Å². The summed E-state index contributed by atoms with van der Waals surface area (Å²) in [6.45, 7) is 1.84. The zero-order valence-corrected chi connectivity index (χ0v) is 11.8. The summed E-state index contributed by atoms with van der Waals surface area (Å²) in [6.07, 6.45) is 0.780. The lowest BCUT2D eigenvalue weighted by atomic mass is 10.2. The first-order valence-corrected chi connectivity index (χ1v) is 7.35. The summed E-state index contributed by atoms with van der Waals surface area (Å²) in [5.41, 5.74) is 7.84. The van der Waals surface area contributed by atoms with Gasteiger partial charge in [0.15, 0.2) is 5.13 Å². The molecule has 1 aliphatic heterocycles. The number of carbonyl (C=O) groups excluding carboxylic acids is 1. The van der Waals surface area contributed by atoms with Gasteiger partial charge in [0.1, 0.15) is 0 Å². The highest BCUT2D eigenvalue weighted by molar-refractivity contribution is 7.15. The molecule has 2 aromatic rings. The van der Waals surface area contributed by atoms with E-state index in [2.05, 4.69) is 10.3 Å². The highest BCUT2D eigenvalue weighted by Gasteiger charge is 2.23. The number of nitrogens with zero attached hydrogens (tertiary/aromatic N) is 2. The van der Waals surface area contributed by atoms with Crippen LogP contribution in [0, 0.1) is 0 Å². The Labute approximate surface area is 121 Å². The average molecular weight is 288 g/mol. The summed E-state index contributed by atoms with van der Waals surface area (Å²) in [6, 6.07) is 9.86. The van der Waals surface area contributed by atoms with Crippen molar-refractivity contribution in [2.45, 2.75) is 19.5 Å². The first-order valence-electron chi connectivity index (χ1n) is 6.53. The van der Waals surface area contributed by atoms with Gasteiger partial charge in [0.2, 0.25) is 0 Å². The maximum absolute atomic E-state index is 12.2. The first kappa shape index (κ1) is 12.9. The highest BCUT2D eigenvalue weighted by atomic mass is 32.1. The van der Waals surface area contributed by atoms with E-state index in [0.717, 1.165) is 22.6 Å². The fraction of sp³-hybridized carbons (Fsp3) is 0.286. The Morgan fingerprint density at radius 2 is 2.20 bits per heavy atom.